The monoisotopic (exact) mass is 228 g/mol. The van der Waals surface area contributed by atoms with E-state index >= 15 is 0 Å². The quantitative estimate of drug-likeness (QED) is 0.607. The van der Waals surface area contributed by atoms with Crippen LogP contribution in [-0.4, -0.2) is 37.1 Å². The molecule has 5 heteroatoms. The van der Waals surface area contributed by atoms with Crippen LogP contribution in [0, 0.1) is 11.3 Å². The Labute approximate surface area is 95.6 Å². The van der Waals surface area contributed by atoms with E-state index in [1.54, 1.807) is 7.05 Å². The van der Waals surface area contributed by atoms with Crippen molar-refractivity contribution in [1.29, 1.82) is 0 Å². The lowest BCUT2D eigenvalue weighted by molar-refractivity contribution is -0.154. The molecule has 1 unspecified atom stereocenters. The van der Waals surface area contributed by atoms with Crippen molar-refractivity contribution in [2.45, 2.75) is 26.2 Å². The van der Waals surface area contributed by atoms with E-state index in [1.165, 1.54) is 0 Å². The van der Waals surface area contributed by atoms with Gasteiger partial charge in [-0.1, -0.05) is 13.3 Å². The highest BCUT2D eigenvalue weighted by molar-refractivity contribution is 5.81. The number of nitrogens with one attached hydrogen (secondary N) is 2. The first kappa shape index (κ1) is 13.0. The zero-order valence-corrected chi connectivity index (χ0v) is 9.88. The maximum atomic E-state index is 11.6. The number of hydrogen-bond donors (Lipinski definition) is 3. The fourth-order valence-electron chi connectivity index (χ4n) is 1.90. The summed E-state index contributed by atoms with van der Waals surface area (Å²) >= 11 is 0. The van der Waals surface area contributed by atoms with Crippen LogP contribution in [0.15, 0.2) is 0 Å². The number of rotatable bonds is 6. The molecule has 1 aliphatic carbocycles. The maximum Gasteiger partial charge on any atom is 0.311 e. The Hall–Kier alpha value is -1.10. The van der Waals surface area contributed by atoms with E-state index in [-0.39, 0.29) is 18.4 Å². The standard InChI is InChI=1S/C11H20N2O3/c1-8(6-12-2)9(14)13-7-11(10(15)16)4-3-5-11/h8,12H,3-7H2,1-2H3,(H,13,14)(H,15,16). The molecule has 1 saturated carbocycles. The highest BCUT2D eigenvalue weighted by Crippen LogP contribution is 2.40. The largest absolute Gasteiger partial charge is 0.481 e. The smallest absolute Gasteiger partial charge is 0.311 e. The number of hydrogen-bond acceptors (Lipinski definition) is 3. The van der Waals surface area contributed by atoms with Gasteiger partial charge in [-0.05, 0) is 19.9 Å². The summed E-state index contributed by atoms with van der Waals surface area (Å²) < 4.78 is 0. The van der Waals surface area contributed by atoms with E-state index in [2.05, 4.69) is 10.6 Å². The number of carboxylic acid groups (broad SMARTS) is 1. The van der Waals surface area contributed by atoms with Crippen molar-refractivity contribution < 1.29 is 14.7 Å². The van der Waals surface area contributed by atoms with Crippen LogP contribution in [0.3, 0.4) is 0 Å². The number of aliphatic carboxylic acids is 1. The molecule has 0 radical (unpaired) electrons. The van der Waals surface area contributed by atoms with Crippen molar-refractivity contribution in [2.75, 3.05) is 20.1 Å². The van der Waals surface area contributed by atoms with Gasteiger partial charge in [0.25, 0.3) is 0 Å². The summed E-state index contributed by atoms with van der Waals surface area (Å²) in [4.78, 5) is 22.6. The Kier molecular flexibility index (Phi) is 4.29. The molecule has 3 N–H and O–H groups in total. The molecule has 0 heterocycles. The molecule has 0 aromatic rings. The Morgan fingerprint density at radius 1 is 1.44 bits per heavy atom. The fraction of sp³-hybridized carbons (Fsp3) is 0.818. The average Bonchev–Trinajstić information content (AvgIpc) is 2.15. The first-order valence-electron chi connectivity index (χ1n) is 5.67. The number of carbonyl (C=O) groups is 2. The third-order valence-electron chi connectivity index (χ3n) is 3.32. The van der Waals surface area contributed by atoms with Gasteiger partial charge < -0.3 is 15.7 Å². The Morgan fingerprint density at radius 2 is 2.06 bits per heavy atom. The van der Waals surface area contributed by atoms with Gasteiger partial charge in [0.2, 0.25) is 5.91 Å². The van der Waals surface area contributed by atoms with Crippen LogP contribution in [0.2, 0.25) is 0 Å². The van der Waals surface area contributed by atoms with Gasteiger partial charge in [-0.2, -0.15) is 0 Å². The van der Waals surface area contributed by atoms with E-state index in [0.29, 0.717) is 19.4 Å². The van der Waals surface area contributed by atoms with Crippen molar-refractivity contribution in [2.24, 2.45) is 11.3 Å². The Balaban J connectivity index is 2.38. The second-order valence-corrected chi connectivity index (χ2v) is 4.62. The van der Waals surface area contributed by atoms with Crippen LogP contribution in [0.4, 0.5) is 0 Å². The van der Waals surface area contributed by atoms with Crippen molar-refractivity contribution in [3.63, 3.8) is 0 Å². The predicted molar refractivity (Wildman–Crippen MR) is 60.0 cm³/mol. The molecule has 1 amide bonds. The Morgan fingerprint density at radius 3 is 2.44 bits per heavy atom. The highest BCUT2D eigenvalue weighted by atomic mass is 16.4. The second-order valence-electron chi connectivity index (χ2n) is 4.62. The van der Waals surface area contributed by atoms with E-state index in [0.717, 1.165) is 6.42 Å². The van der Waals surface area contributed by atoms with Gasteiger partial charge in [0.05, 0.1) is 5.41 Å². The van der Waals surface area contributed by atoms with E-state index in [4.69, 9.17) is 5.11 Å². The van der Waals surface area contributed by atoms with Crippen molar-refractivity contribution >= 4 is 11.9 Å². The summed E-state index contributed by atoms with van der Waals surface area (Å²) in [6.45, 7) is 2.68. The van der Waals surface area contributed by atoms with Gasteiger partial charge in [0, 0.05) is 19.0 Å². The van der Waals surface area contributed by atoms with Gasteiger partial charge in [-0.15, -0.1) is 0 Å². The van der Waals surface area contributed by atoms with Crippen molar-refractivity contribution in [3.05, 3.63) is 0 Å². The summed E-state index contributed by atoms with van der Waals surface area (Å²) in [7, 11) is 1.79. The van der Waals surface area contributed by atoms with Crippen LogP contribution < -0.4 is 10.6 Å². The molecule has 0 saturated heterocycles. The fourth-order valence-corrected chi connectivity index (χ4v) is 1.90. The van der Waals surface area contributed by atoms with Gasteiger partial charge in [0.1, 0.15) is 0 Å². The molecule has 1 aliphatic rings. The van der Waals surface area contributed by atoms with Crippen molar-refractivity contribution in [1.82, 2.24) is 10.6 Å². The third kappa shape index (κ3) is 2.72. The van der Waals surface area contributed by atoms with Crippen LogP contribution in [-0.2, 0) is 9.59 Å². The molecule has 1 fully saturated rings. The molecule has 5 nitrogen and oxygen atoms in total. The highest BCUT2D eigenvalue weighted by Gasteiger charge is 2.44. The number of amides is 1. The molecule has 16 heavy (non-hydrogen) atoms. The molecule has 0 aliphatic heterocycles. The van der Waals surface area contributed by atoms with E-state index in [9.17, 15) is 9.59 Å². The van der Waals surface area contributed by atoms with Crippen LogP contribution >= 0.6 is 0 Å². The zero-order chi connectivity index (χ0) is 12.2. The third-order valence-corrected chi connectivity index (χ3v) is 3.32. The summed E-state index contributed by atoms with van der Waals surface area (Å²) in [6, 6.07) is 0. The molecule has 0 bridgehead atoms. The first-order valence-corrected chi connectivity index (χ1v) is 5.67. The first-order chi connectivity index (χ1) is 7.52. The minimum atomic E-state index is -0.791. The molecule has 1 atom stereocenters. The predicted octanol–water partition coefficient (Wildman–Crippen LogP) is 0.213. The summed E-state index contributed by atoms with van der Waals surface area (Å²) in [5, 5.41) is 14.7. The van der Waals surface area contributed by atoms with E-state index in [1.807, 2.05) is 6.92 Å². The minimum Gasteiger partial charge on any atom is -0.481 e. The topological polar surface area (TPSA) is 78.4 Å². The molecule has 0 aromatic carbocycles. The lowest BCUT2D eigenvalue weighted by Gasteiger charge is -2.37. The summed E-state index contributed by atoms with van der Waals surface area (Å²) in [6.07, 6.45) is 2.28. The number of carbonyl (C=O) groups excluding carboxylic acids is 1. The second kappa shape index (κ2) is 5.30. The lowest BCUT2D eigenvalue weighted by atomic mass is 9.69. The Bertz CT molecular complexity index is 274. The molecule has 1 rings (SSSR count). The van der Waals surface area contributed by atoms with Gasteiger partial charge in [-0.25, -0.2) is 0 Å². The zero-order valence-electron chi connectivity index (χ0n) is 9.88. The molecular formula is C11H20N2O3. The summed E-state index contributed by atoms with van der Waals surface area (Å²) in [5.74, 6) is -1.00. The van der Waals surface area contributed by atoms with Crippen molar-refractivity contribution in [3.8, 4) is 0 Å². The number of carboxylic acids is 1. The molecule has 0 aromatic heterocycles. The van der Waals surface area contributed by atoms with Gasteiger partial charge in [-0.3, -0.25) is 9.59 Å². The molecule has 92 valence electrons. The van der Waals surface area contributed by atoms with Gasteiger partial charge >= 0.3 is 5.97 Å². The summed E-state index contributed by atoms with van der Waals surface area (Å²) in [5.41, 5.74) is -0.699. The van der Waals surface area contributed by atoms with Crippen LogP contribution in [0.25, 0.3) is 0 Å². The van der Waals surface area contributed by atoms with Crippen LogP contribution in [0.5, 0.6) is 0 Å². The SMILES string of the molecule is CNCC(C)C(=O)NCC1(C(=O)O)CCC1. The maximum absolute atomic E-state index is 11.6. The average molecular weight is 228 g/mol. The molecular weight excluding hydrogens is 208 g/mol. The van der Waals surface area contributed by atoms with Crippen LogP contribution in [0.1, 0.15) is 26.2 Å². The molecule has 0 spiro atoms. The lowest BCUT2D eigenvalue weighted by Crippen LogP contribution is -2.49. The van der Waals surface area contributed by atoms with E-state index < -0.39 is 11.4 Å². The van der Waals surface area contributed by atoms with Gasteiger partial charge in [0.15, 0.2) is 0 Å². The minimum absolute atomic E-state index is 0.0816. The normalized spacial score (nSPS) is 19.6.